The van der Waals surface area contributed by atoms with Crippen molar-refractivity contribution in [3.63, 3.8) is 0 Å². The van der Waals surface area contributed by atoms with Gasteiger partial charge in [0, 0.05) is 50.7 Å². The van der Waals surface area contributed by atoms with E-state index in [4.69, 9.17) is 0 Å². The molecule has 2 aromatic carbocycles. The van der Waals surface area contributed by atoms with E-state index in [1.54, 1.807) is 44.4 Å². The number of benzene rings is 2. The van der Waals surface area contributed by atoms with Crippen LogP contribution in [0.25, 0.3) is 0 Å². The van der Waals surface area contributed by atoms with Gasteiger partial charge in [0.2, 0.25) is 0 Å². The molecule has 0 bridgehead atoms. The Hall–Kier alpha value is -2.82. The predicted octanol–water partition coefficient (Wildman–Crippen LogP) is 2.71. The summed E-state index contributed by atoms with van der Waals surface area (Å²) in [4.78, 5) is 27.8. The van der Waals surface area contributed by atoms with Crippen molar-refractivity contribution in [3.05, 3.63) is 59.7 Å². The van der Waals surface area contributed by atoms with E-state index in [0.29, 0.717) is 16.8 Å². The topological polar surface area (TPSA) is 52.7 Å². The minimum atomic E-state index is -0.205. The molecule has 0 spiro atoms. The molecule has 0 saturated heterocycles. The van der Waals surface area contributed by atoms with E-state index in [1.165, 1.54) is 4.90 Å². The van der Waals surface area contributed by atoms with Crippen LogP contribution in [0, 0.1) is 0 Å². The second kappa shape index (κ2) is 6.96. The minimum Gasteiger partial charge on any atom is -0.378 e. The van der Waals surface area contributed by atoms with E-state index >= 15 is 0 Å². The fourth-order valence-corrected chi connectivity index (χ4v) is 2.12. The molecule has 0 atom stereocenters. The van der Waals surface area contributed by atoms with Crippen LogP contribution >= 0.6 is 0 Å². The van der Waals surface area contributed by atoms with E-state index in [1.807, 2.05) is 37.2 Å². The molecule has 0 radical (unpaired) electrons. The van der Waals surface area contributed by atoms with Gasteiger partial charge in [-0.05, 0) is 36.4 Å². The molecule has 2 rings (SSSR count). The van der Waals surface area contributed by atoms with Gasteiger partial charge in [-0.15, -0.1) is 0 Å². The third-order valence-corrected chi connectivity index (χ3v) is 3.40. The van der Waals surface area contributed by atoms with Crippen LogP contribution in [0.3, 0.4) is 0 Å². The summed E-state index contributed by atoms with van der Waals surface area (Å²) in [5.74, 6) is -0.307. The van der Waals surface area contributed by atoms with Gasteiger partial charge < -0.3 is 15.1 Å². The number of carbonyl (C=O) groups is 2. The summed E-state index contributed by atoms with van der Waals surface area (Å²) in [5, 5.41) is 2.83. The fraction of sp³-hybridized carbons (Fsp3) is 0.222. The number of hydrogen-bond donors (Lipinski definition) is 1. The summed E-state index contributed by atoms with van der Waals surface area (Å²) in [6.45, 7) is 0. The van der Waals surface area contributed by atoms with Gasteiger partial charge in [-0.2, -0.15) is 0 Å². The van der Waals surface area contributed by atoms with Gasteiger partial charge >= 0.3 is 0 Å². The molecule has 5 nitrogen and oxygen atoms in total. The molecule has 23 heavy (non-hydrogen) atoms. The Morgan fingerprint density at radius 2 is 1.52 bits per heavy atom. The average Bonchev–Trinajstić information content (AvgIpc) is 2.54. The van der Waals surface area contributed by atoms with E-state index in [9.17, 15) is 9.59 Å². The van der Waals surface area contributed by atoms with Gasteiger partial charge in [0.1, 0.15) is 0 Å². The summed E-state index contributed by atoms with van der Waals surface area (Å²) in [6.07, 6.45) is 0. The molecule has 0 aliphatic rings. The zero-order valence-electron chi connectivity index (χ0n) is 13.8. The van der Waals surface area contributed by atoms with Crippen molar-refractivity contribution in [1.82, 2.24) is 4.90 Å². The number of anilines is 2. The normalized spacial score (nSPS) is 10.1. The van der Waals surface area contributed by atoms with Crippen LogP contribution in [0.4, 0.5) is 11.4 Å². The van der Waals surface area contributed by atoms with Crippen molar-refractivity contribution >= 4 is 23.2 Å². The van der Waals surface area contributed by atoms with Crippen LogP contribution in [0.15, 0.2) is 48.5 Å². The fourth-order valence-electron chi connectivity index (χ4n) is 2.12. The summed E-state index contributed by atoms with van der Waals surface area (Å²) < 4.78 is 0. The third-order valence-electron chi connectivity index (χ3n) is 3.40. The molecule has 0 heterocycles. The molecule has 1 N–H and O–H groups in total. The van der Waals surface area contributed by atoms with Gasteiger partial charge in [-0.1, -0.05) is 12.1 Å². The number of amides is 2. The molecule has 0 fully saturated rings. The van der Waals surface area contributed by atoms with Crippen LogP contribution in [0.5, 0.6) is 0 Å². The first-order chi connectivity index (χ1) is 10.9. The molecule has 120 valence electrons. The van der Waals surface area contributed by atoms with Gasteiger partial charge in [0.05, 0.1) is 0 Å². The van der Waals surface area contributed by atoms with Gasteiger partial charge in [-0.3, -0.25) is 9.59 Å². The zero-order chi connectivity index (χ0) is 17.0. The van der Waals surface area contributed by atoms with Crippen molar-refractivity contribution in [2.75, 3.05) is 38.4 Å². The molecule has 0 aromatic heterocycles. The Kier molecular flexibility index (Phi) is 5.01. The molecule has 0 saturated carbocycles. The lowest BCUT2D eigenvalue weighted by Crippen LogP contribution is -2.22. The highest BCUT2D eigenvalue weighted by molar-refractivity contribution is 6.05. The predicted molar refractivity (Wildman–Crippen MR) is 93.2 cm³/mol. The standard InChI is InChI=1S/C18H21N3O2/c1-20(2)16-10-6-7-13(12-16)17(22)19-15-9-5-8-14(11-15)18(23)21(3)4/h5-12H,1-4H3,(H,19,22). The average molecular weight is 311 g/mol. The van der Waals surface area contributed by atoms with Gasteiger partial charge in [0.15, 0.2) is 0 Å². The highest BCUT2D eigenvalue weighted by atomic mass is 16.2. The minimum absolute atomic E-state index is 0.101. The summed E-state index contributed by atoms with van der Waals surface area (Å²) in [6, 6.07) is 14.3. The van der Waals surface area contributed by atoms with Crippen LogP contribution in [0.1, 0.15) is 20.7 Å². The van der Waals surface area contributed by atoms with Crippen molar-refractivity contribution < 1.29 is 9.59 Å². The second-order valence-corrected chi connectivity index (χ2v) is 5.68. The molecule has 2 aromatic rings. The van der Waals surface area contributed by atoms with E-state index < -0.39 is 0 Å². The summed E-state index contributed by atoms with van der Waals surface area (Å²) in [5.41, 5.74) is 2.66. The first-order valence-corrected chi connectivity index (χ1v) is 7.29. The van der Waals surface area contributed by atoms with Crippen molar-refractivity contribution in [2.24, 2.45) is 0 Å². The zero-order valence-corrected chi connectivity index (χ0v) is 13.8. The molecule has 2 amide bonds. The van der Waals surface area contributed by atoms with Crippen LogP contribution < -0.4 is 10.2 Å². The SMILES string of the molecule is CN(C)C(=O)c1cccc(NC(=O)c2cccc(N(C)C)c2)c1. The van der Waals surface area contributed by atoms with Crippen LogP contribution in [-0.2, 0) is 0 Å². The Labute approximate surface area is 136 Å². The maximum Gasteiger partial charge on any atom is 0.255 e. The van der Waals surface area contributed by atoms with Crippen LogP contribution in [0.2, 0.25) is 0 Å². The van der Waals surface area contributed by atoms with Crippen molar-refractivity contribution in [3.8, 4) is 0 Å². The Morgan fingerprint density at radius 1 is 0.870 bits per heavy atom. The number of nitrogens with zero attached hydrogens (tertiary/aromatic N) is 2. The maximum absolute atomic E-state index is 12.4. The Balaban J connectivity index is 2.19. The first kappa shape index (κ1) is 16.5. The highest BCUT2D eigenvalue weighted by Gasteiger charge is 2.11. The van der Waals surface area contributed by atoms with Gasteiger partial charge in [0.25, 0.3) is 11.8 Å². The van der Waals surface area contributed by atoms with Crippen molar-refractivity contribution in [2.45, 2.75) is 0 Å². The second-order valence-electron chi connectivity index (χ2n) is 5.68. The molecule has 5 heteroatoms. The Bertz CT molecular complexity index is 724. The molecular formula is C18H21N3O2. The number of carbonyl (C=O) groups excluding carboxylic acids is 2. The lowest BCUT2D eigenvalue weighted by Gasteiger charge is -2.14. The lowest BCUT2D eigenvalue weighted by molar-refractivity contribution is 0.0827. The largest absolute Gasteiger partial charge is 0.378 e. The highest BCUT2D eigenvalue weighted by Crippen LogP contribution is 2.16. The Morgan fingerprint density at radius 3 is 2.17 bits per heavy atom. The smallest absolute Gasteiger partial charge is 0.255 e. The number of nitrogens with one attached hydrogen (secondary N) is 1. The maximum atomic E-state index is 12.4. The molecule has 0 unspecified atom stereocenters. The van der Waals surface area contributed by atoms with E-state index in [2.05, 4.69) is 5.32 Å². The first-order valence-electron chi connectivity index (χ1n) is 7.29. The molecular weight excluding hydrogens is 290 g/mol. The molecule has 0 aliphatic carbocycles. The van der Waals surface area contributed by atoms with Crippen molar-refractivity contribution in [1.29, 1.82) is 0 Å². The van der Waals surface area contributed by atoms with Gasteiger partial charge in [-0.25, -0.2) is 0 Å². The van der Waals surface area contributed by atoms with E-state index in [-0.39, 0.29) is 11.8 Å². The number of hydrogen-bond acceptors (Lipinski definition) is 3. The quantitative estimate of drug-likeness (QED) is 0.944. The van der Waals surface area contributed by atoms with E-state index in [0.717, 1.165) is 5.69 Å². The third kappa shape index (κ3) is 4.10. The monoisotopic (exact) mass is 311 g/mol. The lowest BCUT2D eigenvalue weighted by atomic mass is 10.1. The summed E-state index contributed by atoms with van der Waals surface area (Å²) >= 11 is 0. The molecule has 0 aliphatic heterocycles. The summed E-state index contributed by atoms with van der Waals surface area (Å²) in [7, 11) is 7.24. The number of rotatable bonds is 4. The van der Waals surface area contributed by atoms with Crippen LogP contribution in [-0.4, -0.2) is 44.9 Å².